The summed E-state index contributed by atoms with van der Waals surface area (Å²) in [5.41, 5.74) is 0. The van der Waals surface area contributed by atoms with Crippen molar-refractivity contribution < 1.29 is 0 Å². The molecule has 0 bridgehead atoms. The quantitative estimate of drug-likeness (QED) is 0.624. The SMILES string of the molecule is C=NC(C)CC1C2CCC2C1C1CC1C. The van der Waals surface area contributed by atoms with E-state index in [-0.39, 0.29) is 0 Å². The van der Waals surface area contributed by atoms with Crippen molar-refractivity contribution in [3.05, 3.63) is 0 Å². The molecule has 0 spiro atoms. The molecule has 3 saturated carbocycles. The van der Waals surface area contributed by atoms with E-state index >= 15 is 0 Å². The first-order valence-electron chi connectivity index (χ1n) is 6.68. The Bertz CT molecular complexity index is 269. The number of hydrogen-bond donors (Lipinski definition) is 0. The van der Waals surface area contributed by atoms with Crippen LogP contribution in [0.15, 0.2) is 4.99 Å². The van der Waals surface area contributed by atoms with E-state index in [9.17, 15) is 0 Å². The van der Waals surface area contributed by atoms with Crippen molar-refractivity contribution >= 4 is 6.72 Å². The van der Waals surface area contributed by atoms with Gasteiger partial charge in [-0.2, -0.15) is 0 Å². The predicted molar refractivity (Wildman–Crippen MR) is 64.1 cm³/mol. The maximum Gasteiger partial charge on any atom is 0.0467 e. The lowest BCUT2D eigenvalue weighted by Gasteiger charge is -2.61. The Morgan fingerprint density at radius 2 is 1.93 bits per heavy atom. The molecule has 7 unspecified atom stereocenters. The van der Waals surface area contributed by atoms with Gasteiger partial charge in [-0.05, 0) is 74.8 Å². The zero-order chi connectivity index (χ0) is 10.6. The molecule has 0 aromatic heterocycles. The summed E-state index contributed by atoms with van der Waals surface area (Å²) in [5, 5.41) is 0. The molecule has 0 saturated heterocycles. The molecule has 1 nitrogen and oxygen atoms in total. The summed E-state index contributed by atoms with van der Waals surface area (Å²) in [4.78, 5) is 4.18. The minimum Gasteiger partial charge on any atom is -0.298 e. The van der Waals surface area contributed by atoms with Gasteiger partial charge in [-0.25, -0.2) is 0 Å². The van der Waals surface area contributed by atoms with Gasteiger partial charge in [0.2, 0.25) is 0 Å². The zero-order valence-corrected chi connectivity index (χ0v) is 10.0. The molecular weight excluding hydrogens is 182 g/mol. The highest BCUT2D eigenvalue weighted by atomic mass is 14.8. The molecule has 3 fully saturated rings. The maximum absolute atomic E-state index is 4.18. The second-order valence-electron chi connectivity index (χ2n) is 6.29. The van der Waals surface area contributed by atoms with Gasteiger partial charge >= 0.3 is 0 Å². The monoisotopic (exact) mass is 205 g/mol. The molecule has 3 aliphatic rings. The number of aliphatic imine (C=N–C) groups is 1. The van der Waals surface area contributed by atoms with Crippen LogP contribution in [0.25, 0.3) is 0 Å². The lowest BCUT2D eigenvalue weighted by Crippen LogP contribution is -2.54. The predicted octanol–water partition coefficient (Wildman–Crippen LogP) is 3.39. The van der Waals surface area contributed by atoms with Crippen molar-refractivity contribution in [1.29, 1.82) is 0 Å². The molecule has 0 radical (unpaired) electrons. The van der Waals surface area contributed by atoms with Crippen molar-refractivity contribution in [2.24, 2.45) is 40.5 Å². The van der Waals surface area contributed by atoms with E-state index in [2.05, 4.69) is 25.6 Å². The molecule has 0 aromatic carbocycles. The Labute approximate surface area is 93.4 Å². The molecule has 15 heavy (non-hydrogen) atoms. The summed E-state index contributed by atoms with van der Waals surface area (Å²) in [7, 11) is 0. The van der Waals surface area contributed by atoms with Gasteiger partial charge in [0.25, 0.3) is 0 Å². The summed E-state index contributed by atoms with van der Waals surface area (Å²) in [6.45, 7) is 8.35. The van der Waals surface area contributed by atoms with E-state index in [1.54, 1.807) is 0 Å². The first-order chi connectivity index (χ1) is 7.22. The largest absolute Gasteiger partial charge is 0.298 e. The minimum atomic E-state index is 0.494. The van der Waals surface area contributed by atoms with Crippen LogP contribution in [0.2, 0.25) is 0 Å². The molecule has 0 N–H and O–H groups in total. The number of nitrogens with zero attached hydrogens (tertiary/aromatic N) is 1. The van der Waals surface area contributed by atoms with Crippen LogP contribution in [0.1, 0.15) is 39.5 Å². The fourth-order valence-electron chi connectivity index (χ4n) is 4.34. The van der Waals surface area contributed by atoms with Gasteiger partial charge in [0.05, 0.1) is 0 Å². The second-order valence-corrected chi connectivity index (χ2v) is 6.29. The Morgan fingerprint density at radius 3 is 2.40 bits per heavy atom. The Morgan fingerprint density at radius 1 is 1.27 bits per heavy atom. The molecule has 1 heteroatoms. The van der Waals surface area contributed by atoms with Crippen molar-refractivity contribution in [1.82, 2.24) is 0 Å². The maximum atomic E-state index is 4.18. The third kappa shape index (κ3) is 1.38. The van der Waals surface area contributed by atoms with Crippen molar-refractivity contribution in [2.75, 3.05) is 0 Å². The van der Waals surface area contributed by atoms with Gasteiger partial charge in [0.1, 0.15) is 0 Å². The van der Waals surface area contributed by atoms with E-state index in [1.807, 2.05) is 0 Å². The van der Waals surface area contributed by atoms with E-state index in [1.165, 1.54) is 25.7 Å². The van der Waals surface area contributed by atoms with E-state index < -0.39 is 0 Å². The first-order valence-corrected chi connectivity index (χ1v) is 6.68. The van der Waals surface area contributed by atoms with Crippen molar-refractivity contribution in [3.8, 4) is 0 Å². The summed E-state index contributed by atoms with van der Waals surface area (Å²) in [6.07, 6.45) is 5.88. The molecule has 0 aromatic rings. The Balaban J connectivity index is 1.63. The summed E-state index contributed by atoms with van der Waals surface area (Å²) < 4.78 is 0. The van der Waals surface area contributed by atoms with Crippen LogP contribution in [0, 0.1) is 35.5 Å². The van der Waals surface area contributed by atoms with Crippen molar-refractivity contribution in [3.63, 3.8) is 0 Å². The third-order valence-corrected chi connectivity index (χ3v) is 5.51. The van der Waals surface area contributed by atoms with Gasteiger partial charge in [-0.1, -0.05) is 6.92 Å². The lowest BCUT2D eigenvalue weighted by molar-refractivity contribution is -0.120. The highest BCUT2D eigenvalue weighted by Gasteiger charge is 2.60. The standard InChI is InChI=1S/C14H23N/c1-8-6-12(8)14-11-5-4-10(11)13(14)7-9(2)15-3/h8-14H,3-7H2,1-2H3. The van der Waals surface area contributed by atoms with Crippen molar-refractivity contribution in [2.45, 2.75) is 45.6 Å². The molecular formula is C14H23N. The zero-order valence-electron chi connectivity index (χ0n) is 10.0. The fraction of sp³-hybridized carbons (Fsp3) is 0.929. The Hall–Kier alpha value is -0.330. The summed E-state index contributed by atoms with van der Waals surface area (Å²) >= 11 is 0. The molecule has 7 atom stereocenters. The third-order valence-electron chi connectivity index (χ3n) is 5.51. The van der Waals surface area contributed by atoms with Crippen LogP contribution in [0.5, 0.6) is 0 Å². The lowest BCUT2D eigenvalue weighted by atomic mass is 9.44. The molecule has 0 heterocycles. The number of rotatable bonds is 4. The summed E-state index contributed by atoms with van der Waals surface area (Å²) in [6, 6.07) is 0.494. The average Bonchev–Trinajstić information content (AvgIpc) is 2.88. The van der Waals surface area contributed by atoms with Gasteiger partial charge in [-0.15, -0.1) is 0 Å². The Kier molecular flexibility index (Phi) is 2.19. The highest BCUT2D eigenvalue weighted by Crippen LogP contribution is 2.67. The van der Waals surface area contributed by atoms with Crippen LogP contribution in [-0.2, 0) is 0 Å². The number of hydrogen-bond acceptors (Lipinski definition) is 1. The minimum absolute atomic E-state index is 0.494. The van der Waals surface area contributed by atoms with Gasteiger partial charge in [-0.3, -0.25) is 4.99 Å². The average molecular weight is 205 g/mol. The molecule has 0 aliphatic heterocycles. The van der Waals surface area contributed by atoms with Crippen LogP contribution in [-0.4, -0.2) is 12.8 Å². The van der Waals surface area contributed by atoms with Crippen LogP contribution in [0.3, 0.4) is 0 Å². The van der Waals surface area contributed by atoms with Gasteiger partial charge < -0.3 is 0 Å². The smallest absolute Gasteiger partial charge is 0.0467 e. The normalized spacial score (nSPS) is 53.5. The second kappa shape index (κ2) is 3.33. The van der Waals surface area contributed by atoms with Gasteiger partial charge in [0, 0.05) is 6.04 Å². The van der Waals surface area contributed by atoms with E-state index in [0.717, 1.165) is 35.5 Å². The summed E-state index contributed by atoms with van der Waals surface area (Å²) in [5.74, 6) is 6.44. The van der Waals surface area contributed by atoms with Gasteiger partial charge in [0.15, 0.2) is 0 Å². The molecule has 0 amide bonds. The van der Waals surface area contributed by atoms with Crippen LogP contribution < -0.4 is 0 Å². The molecule has 84 valence electrons. The van der Waals surface area contributed by atoms with Crippen LogP contribution in [0.4, 0.5) is 0 Å². The molecule has 3 rings (SSSR count). The first kappa shape index (κ1) is 9.86. The topological polar surface area (TPSA) is 12.4 Å². The van der Waals surface area contributed by atoms with E-state index in [0.29, 0.717) is 6.04 Å². The highest BCUT2D eigenvalue weighted by molar-refractivity contribution is 5.24. The molecule has 3 aliphatic carbocycles. The van der Waals surface area contributed by atoms with Crippen LogP contribution >= 0.6 is 0 Å². The number of fused-ring (bicyclic) bond motifs is 1. The fourth-order valence-corrected chi connectivity index (χ4v) is 4.34. The van der Waals surface area contributed by atoms with E-state index in [4.69, 9.17) is 0 Å².